The van der Waals surface area contributed by atoms with Gasteiger partial charge in [-0.2, -0.15) is 0 Å². The summed E-state index contributed by atoms with van der Waals surface area (Å²) in [5, 5.41) is 17.4. The van der Waals surface area contributed by atoms with Gasteiger partial charge in [0.1, 0.15) is 22.6 Å². The highest BCUT2D eigenvalue weighted by Gasteiger charge is 2.37. The number of ether oxygens (including phenoxy) is 1. The van der Waals surface area contributed by atoms with Crippen LogP contribution in [0.3, 0.4) is 0 Å². The normalized spacial score (nSPS) is 18.4. The standard InChI is InChI=1S/C38H56FN5O7S/c1-9-23(4)33(42-35(47)30-12-10-11-17-43(30)7)37(48)44(8)31(22(2)3)20-32(51-25(6)45)36-41-29(21-52-36)34(46)40-28(18-24(5)38(49)50)19-26-13-15-27(39)16-14-26/h13-16,21-24,28,30-33H,9-12,17-20H2,1-8H3,(H,40,46)(H,42,47)(H,49,50). The van der Waals surface area contributed by atoms with E-state index in [2.05, 4.69) is 15.6 Å². The lowest BCUT2D eigenvalue weighted by molar-refractivity contribution is -0.149. The van der Waals surface area contributed by atoms with Crippen LogP contribution in [0, 0.1) is 23.6 Å². The van der Waals surface area contributed by atoms with Gasteiger partial charge in [0.05, 0.1) is 12.0 Å². The lowest BCUT2D eigenvalue weighted by atomic mass is 9.92. The molecule has 52 heavy (non-hydrogen) atoms. The number of hydrogen-bond donors (Lipinski definition) is 3. The van der Waals surface area contributed by atoms with E-state index in [1.807, 2.05) is 39.6 Å². The third kappa shape index (κ3) is 12.1. The van der Waals surface area contributed by atoms with Crippen LogP contribution < -0.4 is 10.6 Å². The van der Waals surface area contributed by atoms with Crippen LogP contribution in [0.1, 0.15) is 107 Å². The van der Waals surface area contributed by atoms with Crippen molar-refractivity contribution in [2.45, 2.75) is 117 Å². The number of carbonyl (C=O) groups excluding carboxylic acids is 4. The van der Waals surface area contributed by atoms with Crippen LogP contribution in [0.4, 0.5) is 4.39 Å². The maximum Gasteiger partial charge on any atom is 0.306 e. The van der Waals surface area contributed by atoms with Crippen molar-refractivity contribution >= 4 is 41.0 Å². The van der Waals surface area contributed by atoms with Crippen molar-refractivity contribution in [3.8, 4) is 0 Å². The molecule has 288 valence electrons. The summed E-state index contributed by atoms with van der Waals surface area (Å²) in [5.41, 5.74) is 0.801. The number of carboxylic acids is 1. The van der Waals surface area contributed by atoms with Gasteiger partial charge in [-0.05, 0) is 68.8 Å². The Morgan fingerprint density at radius 1 is 1.08 bits per heavy atom. The van der Waals surface area contributed by atoms with Gasteiger partial charge < -0.3 is 25.4 Å². The number of likely N-dealkylation sites (N-methyl/N-ethyl adjacent to an activating group) is 2. The summed E-state index contributed by atoms with van der Waals surface area (Å²) in [4.78, 5) is 73.2. The smallest absolute Gasteiger partial charge is 0.306 e. The van der Waals surface area contributed by atoms with Crippen molar-refractivity contribution < 1.29 is 38.2 Å². The Morgan fingerprint density at radius 3 is 2.33 bits per heavy atom. The highest BCUT2D eigenvalue weighted by molar-refractivity contribution is 7.09. The summed E-state index contributed by atoms with van der Waals surface area (Å²) in [6, 6.07) is 3.76. The third-order valence-corrected chi connectivity index (χ3v) is 11.0. The van der Waals surface area contributed by atoms with Gasteiger partial charge in [0, 0.05) is 37.9 Å². The third-order valence-electron chi connectivity index (χ3n) is 10.0. The number of rotatable bonds is 18. The second-order valence-corrected chi connectivity index (χ2v) is 15.4. The summed E-state index contributed by atoms with van der Waals surface area (Å²) in [6.45, 7) is 11.5. The molecule has 2 heterocycles. The quantitative estimate of drug-likeness (QED) is 0.174. The summed E-state index contributed by atoms with van der Waals surface area (Å²) in [6.07, 6.45) is 3.15. The van der Waals surface area contributed by atoms with Gasteiger partial charge in [0.25, 0.3) is 5.91 Å². The molecule has 0 bridgehead atoms. The fraction of sp³-hybridized carbons (Fsp3) is 0.632. The number of halogens is 1. The van der Waals surface area contributed by atoms with Crippen molar-refractivity contribution in [1.82, 2.24) is 25.4 Å². The van der Waals surface area contributed by atoms with Crippen molar-refractivity contribution in [2.24, 2.45) is 17.8 Å². The van der Waals surface area contributed by atoms with Crippen LogP contribution in [-0.4, -0.2) is 94.4 Å². The number of aliphatic carboxylic acids is 1. The Labute approximate surface area is 310 Å². The minimum atomic E-state index is -1.00. The molecular weight excluding hydrogens is 690 g/mol. The zero-order chi connectivity index (χ0) is 38.7. The molecule has 7 unspecified atom stereocenters. The van der Waals surface area contributed by atoms with Crippen LogP contribution >= 0.6 is 11.3 Å². The molecule has 0 radical (unpaired) electrons. The lowest BCUT2D eigenvalue weighted by Crippen LogP contribution is -2.58. The zero-order valence-electron chi connectivity index (χ0n) is 31.7. The number of amides is 3. The molecule has 0 saturated carbocycles. The first-order chi connectivity index (χ1) is 24.5. The summed E-state index contributed by atoms with van der Waals surface area (Å²) in [7, 11) is 3.63. The van der Waals surface area contributed by atoms with Crippen molar-refractivity contribution in [1.29, 1.82) is 0 Å². The van der Waals surface area contributed by atoms with E-state index < -0.39 is 53.8 Å². The Kier molecular flexibility index (Phi) is 16.2. The molecule has 3 rings (SSSR count). The monoisotopic (exact) mass is 745 g/mol. The molecule has 0 spiro atoms. The molecule has 1 aromatic heterocycles. The first-order valence-electron chi connectivity index (χ1n) is 18.2. The topological polar surface area (TPSA) is 158 Å². The van der Waals surface area contributed by atoms with Crippen molar-refractivity contribution in [2.75, 3.05) is 20.6 Å². The summed E-state index contributed by atoms with van der Waals surface area (Å²) < 4.78 is 19.2. The average Bonchev–Trinajstić information content (AvgIpc) is 3.59. The van der Waals surface area contributed by atoms with Crippen LogP contribution in [0.2, 0.25) is 0 Å². The minimum absolute atomic E-state index is 0.0713. The number of carbonyl (C=O) groups is 5. The Hall–Kier alpha value is -3.91. The lowest BCUT2D eigenvalue weighted by Gasteiger charge is -2.38. The average molecular weight is 746 g/mol. The fourth-order valence-electron chi connectivity index (χ4n) is 6.64. The maximum atomic E-state index is 14.2. The van der Waals surface area contributed by atoms with E-state index >= 15 is 0 Å². The SMILES string of the molecule is CCC(C)C(NC(=O)C1CCCCN1C)C(=O)N(C)C(CC(OC(C)=O)c1nc(C(=O)NC(Cc2ccc(F)cc2)CC(C)C(=O)O)cs1)C(C)C. The Bertz CT molecular complexity index is 1520. The van der Waals surface area contributed by atoms with Gasteiger partial charge in [-0.3, -0.25) is 28.9 Å². The van der Waals surface area contributed by atoms with E-state index in [0.29, 0.717) is 11.4 Å². The number of carboxylic acid groups (broad SMARTS) is 1. The fourth-order valence-corrected chi connectivity index (χ4v) is 7.48. The Morgan fingerprint density at radius 2 is 1.75 bits per heavy atom. The number of thiazole rings is 1. The van der Waals surface area contributed by atoms with E-state index in [1.165, 1.54) is 19.1 Å². The highest BCUT2D eigenvalue weighted by atomic mass is 32.1. The van der Waals surface area contributed by atoms with Crippen LogP contribution in [0.25, 0.3) is 0 Å². The largest absolute Gasteiger partial charge is 0.481 e. The molecule has 2 aromatic rings. The molecule has 1 fully saturated rings. The van der Waals surface area contributed by atoms with Crippen LogP contribution in [-0.2, 0) is 30.3 Å². The molecule has 1 aliphatic heterocycles. The van der Waals surface area contributed by atoms with Crippen LogP contribution in [0.5, 0.6) is 0 Å². The minimum Gasteiger partial charge on any atom is -0.481 e. The van der Waals surface area contributed by atoms with Gasteiger partial charge >= 0.3 is 11.9 Å². The highest BCUT2D eigenvalue weighted by Crippen LogP contribution is 2.31. The molecule has 14 heteroatoms. The number of likely N-dealkylation sites (tertiary alicyclic amines) is 1. The van der Waals surface area contributed by atoms with Crippen molar-refractivity contribution in [3.05, 3.63) is 51.7 Å². The first-order valence-corrected chi connectivity index (χ1v) is 19.1. The number of benzene rings is 1. The predicted octanol–water partition coefficient (Wildman–Crippen LogP) is 5.23. The number of piperidine rings is 1. The van der Waals surface area contributed by atoms with Gasteiger partial charge in [-0.15, -0.1) is 11.3 Å². The predicted molar refractivity (Wildman–Crippen MR) is 197 cm³/mol. The van der Waals surface area contributed by atoms with Gasteiger partial charge in [-0.25, -0.2) is 9.37 Å². The van der Waals surface area contributed by atoms with E-state index in [1.54, 1.807) is 36.4 Å². The summed E-state index contributed by atoms with van der Waals surface area (Å²) >= 11 is 1.14. The van der Waals surface area contributed by atoms with E-state index in [4.69, 9.17) is 4.74 Å². The van der Waals surface area contributed by atoms with E-state index in [0.717, 1.165) is 42.7 Å². The molecule has 7 atom stereocenters. The molecule has 12 nitrogen and oxygen atoms in total. The molecule has 1 saturated heterocycles. The number of hydrogen-bond acceptors (Lipinski definition) is 9. The molecule has 3 N–H and O–H groups in total. The van der Waals surface area contributed by atoms with Crippen LogP contribution in [0.15, 0.2) is 29.6 Å². The van der Waals surface area contributed by atoms with E-state index in [-0.39, 0.29) is 54.6 Å². The first kappa shape index (κ1) is 42.5. The maximum absolute atomic E-state index is 14.2. The molecular formula is C38H56FN5O7S. The Balaban J connectivity index is 1.81. The van der Waals surface area contributed by atoms with Gasteiger partial charge in [-0.1, -0.05) is 59.6 Å². The zero-order valence-corrected chi connectivity index (χ0v) is 32.5. The summed E-state index contributed by atoms with van der Waals surface area (Å²) in [5.74, 6) is -3.83. The number of esters is 1. The molecule has 1 aromatic carbocycles. The van der Waals surface area contributed by atoms with Gasteiger partial charge in [0.2, 0.25) is 11.8 Å². The molecule has 3 amide bonds. The molecule has 0 aliphatic carbocycles. The van der Waals surface area contributed by atoms with E-state index in [9.17, 15) is 33.5 Å². The second kappa shape index (κ2) is 19.8. The number of aromatic nitrogens is 1. The van der Waals surface area contributed by atoms with Gasteiger partial charge in [0.15, 0.2) is 6.10 Å². The second-order valence-electron chi connectivity index (χ2n) is 14.5. The number of nitrogens with zero attached hydrogens (tertiary/aromatic N) is 3. The van der Waals surface area contributed by atoms with Crippen molar-refractivity contribution in [3.63, 3.8) is 0 Å². The molecule has 1 aliphatic rings. The number of nitrogens with one attached hydrogen (secondary N) is 2.